The minimum atomic E-state index is -4.92. The van der Waals surface area contributed by atoms with E-state index in [4.69, 9.17) is 10.8 Å². The van der Waals surface area contributed by atoms with Gasteiger partial charge in [0.05, 0.1) is 12.8 Å². The highest BCUT2D eigenvalue weighted by Gasteiger charge is 2.33. The number of hydrogen-bond acceptors (Lipinski definition) is 5. The SMILES string of the molecule is NCc1c(O)cnc(OC(F)(F)F)c1CO. The van der Waals surface area contributed by atoms with Gasteiger partial charge in [0.2, 0.25) is 5.88 Å². The average molecular weight is 238 g/mol. The van der Waals surface area contributed by atoms with Gasteiger partial charge < -0.3 is 20.7 Å². The number of aromatic nitrogens is 1. The molecule has 0 aliphatic rings. The quantitative estimate of drug-likeness (QED) is 0.719. The Labute approximate surface area is 88.3 Å². The molecule has 0 unspecified atom stereocenters. The molecule has 1 aromatic heterocycles. The first-order valence-electron chi connectivity index (χ1n) is 4.15. The Balaban J connectivity index is 3.19. The second-order valence-electron chi connectivity index (χ2n) is 2.82. The van der Waals surface area contributed by atoms with Gasteiger partial charge in [0, 0.05) is 17.7 Å². The van der Waals surface area contributed by atoms with Crippen LogP contribution in [0.2, 0.25) is 0 Å². The van der Waals surface area contributed by atoms with Gasteiger partial charge in [-0.05, 0) is 0 Å². The fraction of sp³-hybridized carbons (Fsp3) is 0.375. The Morgan fingerprint density at radius 3 is 2.44 bits per heavy atom. The molecule has 0 aliphatic heterocycles. The van der Waals surface area contributed by atoms with Crippen LogP contribution in [0.25, 0.3) is 0 Å². The number of aliphatic hydroxyl groups excluding tert-OH is 1. The number of aliphatic hydroxyl groups is 1. The van der Waals surface area contributed by atoms with Gasteiger partial charge in [-0.1, -0.05) is 0 Å². The van der Waals surface area contributed by atoms with E-state index in [2.05, 4.69) is 9.72 Å². The lowest BCUT2D eigenvalue weighted by Gasteiger charge is -2.14. The fourth-order valence-corrected chi connectivity index (χ4v) is 1.15. The third-order valence-corrected chi connectivity index (χ3v) is 1.81. The average Bonchev–Trinajstić information content (AvgIpc) is 2.18. The predicted octanol–water partition coefficient (Wildman–Crippen LogP) is 0.637. The van der Waals surface area contributed by atoms with Crippen LogP contribution in [-0.4, -0.2) is 21.6 Å². The highest BCUT2D eigenvalue weighted by molar-refractivity contribution is 5.42. The van der Waals surface area contributed by atoms with E-state index in [-0.39, 0.29) is 23.4 Å². The number of rotatable bonds is 3. The first kappa shape index (κ1) is 12.5. The zero-order valence-corrected chi connectivity index (χ0v) is 7.95. The van der Waals surface area contributed by atoms with Gasteiger partial charge in [-0.3, -0.25) is 0 Å². The number of aromatic hydroxyl groups is 1. The third kappa shape index (κ3) is 2.74. The molecule has 0 fully saturated rings. The molecule has 1 aromatic rings. The number of halogens is 3. The molecule has 4 N–H and O–H groups in total. The molecular formula is C8H9F3N2O3. The van der Waals surface area contributed by atoms with Crippen molar-refractivity contribution in [2.24, 2.45) is 5.73 Å². The molecule has 16 heavy (non-hydrogen) atoms. The van der Waals surface area contributed by atoms with Crippen molar-refractivity contribution in [3.8, 4) is 11.6 Å². The highest BCUT2D eigenvalue weighted by atomic mass is 19.4. The number of ether oxygens (including phenoxy) is 1. The van der Waals surface area contributed by atoms with Gasteiger partial charge in [0.25, 0.3) is 0 Å². The zero-order valence-electron chi connectivity index (χ0n) is 7.95. The Bertz CT molecular complexity index is 382. The summed E-state index contributed by atoms with van der Waals surface area (Å²) in [6.07, 6.45) is -4.14. The number of alkyl halides is 3. The van der Waals surface area contributed by atoms with Gasteiger partial charge in [-0.15, -0.1) is 13.2 Å². The largest absolute Gasteiger partial charge is 0.574 e. The van der Waals surface area contributed by atoms with E-state index < -0.39 is 18.8 Å². The molecule has 0 atom stereocenters. The summed E-state index contributed by atoms with van der Waals surface area (Å²) in [5.74, 6) is -1.20. The zero-order chi connectivity index (χ0) is 12.3. The Kier molecular flexibility index (Phi) is 3.55. The molecule has 1 rings (SSSR count). The van der Waals surface area contributed by atoms with Crippen molar-refractivity contribution in [3.05, 3.63) is 17.3 Å². The van der Waals surface area contributed by atoms with Crippen LogP contribution < -0.4 is 10.5 Å². The van der Waals surface area contributed by atoms with Crippen LogP contribution in [0.5, 0.6) is 11.6 Å². The lowest BCUT2D eigenvalue weighted by atomic mass is 10.1. The molecule has 0 amide bonds. The third-order valence-electron chi connectivity index (χ3n) is 1.81. The van der Waals surface area contributed by atoms with E-state index in [1.807, 2.05) is 0 Å². The number of nitrogens with two attached hydrogens (primary N) is 1. The second-order valence-corrected chi connectivity index (χ2v) is 2.82. The van der Waals surface area contributed by atoms with Gasteiger partial charge in [0.1, 0.15) is 5.75 Å². The summed E-state index contributed by atoms with van der Waals surface area (Å²) >= 11 is 0. The summed E-state index contributed by atoms with van der Waals surface area (Å²) in [5, 5.41) is 18.2. The maximum atomic E-state index is 12.0. The van der Waals surface area contributed by atoms with Gasteiger partial charge in [-0.25, -0.2) is 4.98 Å². The topological polar surface area (TPSA) is 88.6 Å². The molecule has 0 aliphatic carbocycles. The van der Waals surface area contributed by atoms with E-state index in [9.17, 15) is 18.3 Å². The van der Waals surface area contributed by atoms with Gasteiger partial charge >= 0.3 is 6.36 Å². The molecule has 0 saturated carbocycles. The molecule has 5 nitrogen and oxygen atoms in total. The summed E-state index contributed by atoms with van der Waals surface area (Å²) in [6, 6.07) is 0. The van der Waals surface area contributed by atoms with Crippen LogP contribution in [0.1, 0.15) is 11.1 Å². The van der Waals surface area contributed by atoms with Crippen molar-refractivity contribution in [3.63, 3.8) is 0 Å². The van der Waals surface area contributed by atoms with Gasteiger partial charge in [-0.2, -0.15) is 0 Å². The smallest absolute Gasteiger partial charge is 0.506 e. The molecule has 90 valence electrons. The lowest BCUT2D eigenvalue weighted by molar-refractivity contribution is -0.276. The monoisotopic (exact) mass is 238 g/mol. The molecule has 8 heteroatoms. The van der Waals surface area contributed by atoms with Crippen molar-refractivity contribution in [1.29, 1.82) is 0 Å². The molecule has 0 bridgehead atoms. The minimum Gasteiger partial charge on any atom is -0.506 e. The summed E-state index contributed by atoms with van der Waals surface area (Å²) in [4.78, 5) is 3.24. The second kappa shape index (κ2) is 4.54. The van der Waals surface area contributed by atoms with Crippen molar-refractivity contribution in [2.75, 3.05) is 0 Å². The molecule has 1 heterocycles. The van der Waals surface area contributed by atoms with E-state index in [0.717, 1.165) is 6.20 Å². The van der Waals surface area contributed by atoms with E-state index in [1.54, 1.807) is 0 Å². The first-order valence-corrected chi connectivity index (χ1v) is 4.15. The Morgan fingerprint density at radius 1 is 1.38 bits per heavy atom. The molecule has 0 saturated heterocycles. The number of pyridine rings is 1. The van der Waals surface area contributed by atoms with Crippen molar-refractivity contribution >= 4 is 0 Å². The predicted molar refractivity (Wildman–Crippen MR) is 46.4 cm³/mol. The standard InChI is InChI=1S/C8H9F3N2O3/c9-8(10,11)16-7-5(3-14)4(1-12)6(15)2-13-7/h2,14-15H,1,3,12H2. The van der Waals surface area contributed by atoms with Crippen LogP contribution in [-0.2, 0) is 13.2 Å². The fourth-order valence-electron chi connectivity index (χ4n) is 1.15. The molecule has 0 aromatic carbocycles. The van der Waals surface area contributed by atoms with E-state index in [0.29, 0.717) is 0 Å². The van der Waals surface area contributed by atoms with Crippen molar-refractivity contribution in [1.82, 2.24) is 4.98 Å². The minimum absolute atomic E-state index is 0.0308. The van der Waals surface area contributed by atoms with Crippen LogP contribution >= 0.6 is 0 Å². The maximum Gasteiger partial charge on any atom is 0.574 e. The van der Waals surface area contributed by atoms with E-state index >= 15 is 0 Å². The Morgan fingerprint density at radius 2 is 2.00 bits per heavy atom. The first-order chi connectivity index (χ1) is 7.39. The number of nitrogens with zero attached hydrogens (tertiary/aromatic N) is 1. The van der Waals surface area contributed by atoms with Crippen molar-refractivity contribution in [2.45, 2.75) is 19.5 Å². The lowest BCUT2D eigenvalue weighted by Crippen LogP contribution is -2.20. The molecule has 0 spiro atoms. The van der Waals surface area contributed by atoms with Gasteiger partial charge in [0.15, 0.2) is 0 Å². The highest BCUT2D eigenvalue weighted by Crippen LogP contribution is 2.30. The van der Waals surface area contributed by atoms with Crippen LogP contribution in [0.4, 0.5) is 13.2 Å². The molecule has 0 radical (unpaired) electrons. The summed E-state index contributed by atoms with van der Waals surface area (Å²) < 4.78 is 39.5. The summed E-state index contributed by atoms with van der Waals surface area (Å²) in [6.45, 7) is -1.00. The van der Waals surface area contributed by atoms with Crippen LogP contribution in [0.15, 0.2) is 6.20 Å². The summed E-state index contributed by atoms with van der Waals surface area (Å²) in [7, 11) is 0. The van der Waals surface area contributed by atoms with Crippen molar-refractivity contribution < 1.29 is 28.1 Å². The normalized spacial score (nSPS) is 11.6. The maximum absolute atomic E-state index is 12.0. The Hall–Kier alpha value is -1.54. The van der Waals surface area contributed by atoms with E-state index in [1.165, 1.54) is 0 Å². The van der Waals surface area contributed by atoms with Crippen LogP contribution in [0, 0.1) is 0 Å². The molecular weight excluding hydrogens is 229 g/mol. The number of hydrogen-bond donors (Lipinski definition) is 3. The summed E-state index contributed by atoms with van der Waals surface area (Å²) in [5.41, 5.74) is 4.92. The van der Waals surface area contributed by atoms with Crippen LogP contribution in [0.3, 0.4) is 0 Å².